The van der Waals surface area contributed by atoms with Crippen molar-refractivity contribution in [2.75, 3.05) is 20.6 Å². The summed E-state index contributed by atoms with van der Waals surface area (Å²) >= 11 is 0. The number of fused-ring (bicyclic) bond motifs is 1. The zero-order chi connectivity index (χ0) is 19.8. The Morgan fingerprint density at radius 3 is 2.56 bits per heavy atom. The maximum absolute atomic E-state index is 13.1. The molecule has 2 amide bonds. The van der Waals surface area contributed by atoms with Crippen LogP contribution in [0.25, 0.3) is 6.08 Å². The average Bonchev–Trinajstić information content (AvgIpc) is 3.36. The standard InChI is InChI=1S/C20H31N5O2/c1-20(2,3)17(19(27)21-4)23-18(26)16-14-12-24(5)10-11-25(14)15(22-16)9-8-13-6-7-13/h8-9,13,17H,6-7,10-12H2,1-5H3,(H,21,27)(H,23,26)/b9-8+/t17-/m1/s1. The van der Waals surface area contributed by atoms with Gasteiger partial charge in [0.1, 0.15) is 11.9 Å². The monoisotopic (exact) mass is 373 g/mol. The highest BCUT2D eigenvalue weighted by atomic mass is 16.2. The summed E-state index contributed by atoms with van der Waals surface area (Å²) in [5.41, 5.74) is 0.942. The Morgan fingerprint density at radius 1 is 1.26 bits per heavy atom. The van der Waals surface area contributed by atoms with Crippen LogP contribution in [0.15, 0.2) is 6.08 Å². The van der Waals surface area contributed by atoms with E-state index >= 15 is 0 Å². The molecule has 7 nitrogen and oxygen atoms in total. The van der Waals surface area contributed by atoms with Crippen molar-refractivity contribution in [3.63, 3.8) is 0 Å². The van der Waals surface area contributed by atoms with Gasteiger partial charge >= 0.3 is 0 Å². The van der Waals surface area contributed by atoms with Crippen molar-refractivity contribution >= 4 is 17.9 Å². The highest BCUT2D eigenvalue weighted by Crippen LogP contribution is 2.31. The van der Waals surface area contributed by atoms with Crippen molar-refractivity contribution in [1.82, 2.24) is 25.1 Å². The van der Waals surface area contributed by atoms with Crippen LogP contribution in [0.2, 0.25) is 0 Å². The molecule has 0 unspecified atom stereocenters. The molecule has 27 heavy (non-hydrogen) atoms. The van der Waals surface area contributed by atoms with E-state index in [-0.39, 0.29) is 11.8 Å². The number of carbonyl (C=O) groups excluding carboxylic acids is 2. The third-order valence-electron chi connectivity index (χ3n) is 5.23. The minimum absolute atomic E-state index is 0.199. The van der Waals surface area contributed by atoms with Crippen LogP contribution in [0.1, 0.15) is 55.6 Å². The van der Waals surface area contributed by atoms with Gasteiger partial charge in [-0.05, 0) is 37.3 Å². The zero-order valence-electron chi connectivity index (χ0n) is 17.0. The smallest absolute Gasteiger partial charge is 0.272 e. The lowest BCUT2D eigenvalue weighted by Gasteiger charge is -2.30. The third kappa shape index (κ3) is 4.40. The van der Waals surface area contributed by atoms with Crippen LogP contribution in [0, 0.1) is 11.3 Å². The second kappa shape index (κ2) is 7.46. The van der Waals surface area contributed by atoms with Gasteiger partial charge in [0.15, 0.2) is 5.69 Å². The number of hydrogen-bond acceptors (Lipinski definition) is 4. The van der Waals surface area contributed by atoms with E-state index in [0.29, 0.717) is 18.2 Å². The van der Waals surface area contributed by atoms with Crippen LogP contribution in [0.5, 0.6) is 0 Å². The molecule has 0 aromatic carbocycles. The summed E-state index contributed by atoms with van der Waals surface area (Å²) in [6.07, 6.45) is 6.71. The van der Waals surface area contributed by atoms with Crippen molar-refractivity contribution in [2.45, 2.75) is 52.7 Å². The number of allylic oxidation sites excluding steroid dienone is 1. The van der Waals surface area contributed by atoms with Crippen molar-refractivity contribution in [1.29, 1.82) is 0 Å². The highest BCUT2D eigenvalue weighted by molar-refractivity contribution is 5.97. The summed E-state index contributed by atoms with van der Waals surface area (Å²) in [5.74, 6) is 1.00. The number of nitrogens with one attached hydrogen (secondary N) is 2. The molecule has 0 saturated heterocycles. The van der Waals surface area contributed by atoms with Crippen LogP contribution in [0.3, 0.4) is 0 Å². The molecule has 2 aliphatic rings. The van der Waals surface area contributed by atoms with Gasteiger partial charge in [-0.25, -0.2) is 4.98 Å². The molecule has 3 rings (SSSR count). The molecule has 7 heteroatoms. The van der Waals surface area contributed by atoms with E-state index in [1.165, 1.54) is 12.8 Å². The molecule has 148 valence electrons. The Balaban J connectivity index is 1.90. The average molecular weight is 374 g/mol. The van der Waals surface area contributed by atoms with Gasteiger partial charge in [0.2, 0.25) is 5.91 Å². The van der Waals surface area contributed by atoms with E-state index in [1.807, 2.05) is 33.9 Å². The predicted molar refractivity (Wildman–Crippen MR) is 105 cm³/mol. The second-order valence-electron chi connectivity index (χ2n) is 8.74. The van der Waals surface area contributed by atoms with Crippen LogP contribution >= 0.6 is 0 Å². The lowest BCUT2D eigenvalue weighted by molar-refractivity contribution is -0.124. The number of carbonyl (C=O) groups is 2. The first-order valence-electron chi connectivity index (χ1n) is 9.69. The van der Waals surface area contributed by atoms with Gasteiger partial charge in [-0.15, -0.1) is 0 Å². The predicted octanol–water partition coefficient (Wildman–Crippen LogP) is 1.64. The molecule has 1 atom stereocenters. The third-order valence-corrected chi connectivity index (χ3v) is 5.23. The molecule has 1 aliphatic carbocycles. The van der Waals surface area contributed by atoms with E-state index in [2.05, 4.69) is 31.2 Å². The van der Waals surface area contributed by atoms with Gasteiger partial charge in [0, 0.05) is 26.7 Å². The number of imidazole rings is 1. The summed E-state index contributed by atoms with van der Waals surface area (Å²) in [7, 11) is 3.63. The number of rotatable bonds is 5. The van der Waals surface area contributed by atoms with Crippen molar-refractivity contribution in [3.8, 4) is 0 Å². The molecule has 0 bridgehead atoms. The Labute approximate surface area is 161 Å². The number of nitrogens with zero attached hydrogens (tertiary/aromatic N) is 3. The first kappa shape index (κ1) is 19.6. The van der Waals surface area contributed by atoms with Gasteiger partial charge < -0.3 is 15.2 Å². The first-order valence-corrected chi connectivity index (χ1v) is 9.69. The van der Waals surface area contributed by atoms with E-state index in [4.69, 9.17) is 0 Å². The van der Waals surface area contributed by atoms with E-state index in [1.54, 1.807) is 7.05 Å². The van der Waals surface area contributed by atoms with E-state index < -0.39 is 11.5 Å². The quantitative estimate of drug-likeness (QED) is 0.822. The molecule has 1 aromatic heterocycles. The van der Waals surface area contributed by atoms with Gasteiger partial charge in [0.05, 0.1) is 5.69 Å². The zero-order valence-corrected chi connectivity index (χ0v) is 17.0. The summed E-state index contributed by atoms with van der Waals surface area (Å²) in [6.45, 7) is 8.23. The molecular weight excluding hydrogens is 342 g/mol. The number of likely N-dealkylation sites (N-methyl/N-ethyl adjacent to an activating group) is 2. The summed E-state index contributed by atoms with van der Waals surface area (Å²) in [6, 6.07) is -0.626. The minimum Gasteiger partial charge on any atom is -0.357 e. The molecule has 1 aliphatic heterocycles. The van der Waals surface area contributed by atoms with Crippen molar-refractivity contribution in [2.24, 2.45) is 11.3 Å². The molecule has 0 radical (unpaired) electrons. The van der Waals surface area contributed by atoms with Crippen molar-refractivity contribution in [3.05, 3.63) is 23.3 Å². The Kier molecular flexibility index (Phi) is 5.42. The fraction of sp³-hybridized carbons (Fsp3) is 0.650. The highest BCUT2D eigenvalue weighted by Gasteiger charge is 2.34. The summed E-state index contributed by atoms with van der Waals surface area (Å²) in [5, 5.41) is 5.55. The Bertz CT molecular complexity index is 755. The van der Waals surface area contributed by atoms with E-state index in [0.717, 1.165) is 24.6 Å². The SMILES string of the molecule is CNC(=O)[C@@H](NC(=O)c1nc(/C=C/C2CC2)n2c1CN(C)CC2)C(C)(C)C. The molecule has 1 aromatic rings. The Morgan fingerprint density at radius 2 is 1.96 bits per heavy atom. The number of hydrogen-bond donors (Lipinski definition) is 2. The second-order valence-corrected chi connectivity index (χ2v) is 8.74. The number of aromatic nitrogens is 2. The fourth-order valence-electron chi connectivity index (χ4n) is 3.36. The lowest BCUT2D eigenvalue weighted by Crippen LogP contribution is -2.53. The van der Waals surface area contributed by atoms with Gasteiger partial charge in [-0.3, -0.25) is 14.5 Å². The Hall–Kier alpha value is -2.15. The topological polar surface area (TPSA) is 79.3 Å². The molecule has 0 spiro atoms. The van der Waals surface area contributed by atoms with Crippen LogP contribution < -0.4 is 10.6 Å². The first-order chi connectivity index (χ1) is 12.7. The molecule has 1 fully saturated rings. The van der Waals surface area contributed by atoms with Crippen LogP contribution in [-0.2, 0) is 17.9 Å². The fourth-order valence-corrected chi connectivity index (χ4v) is 3.36. The summed E-state index contributed by atoms with van der Waals surface area (Å²) in [4.78, 5) is 32.2. The largest absolute Gasteiger partial charge is 0.357 e. The van der Waals surface area contributed by atoms with Gasteiger partial charge in [0.25, 0.3) is 5.91 Å². The maximum Gasteiger partial charge on any atom is 0.272 e. The van der Waals surface area contributed by atoms with Gasteiger partial charge in [-0.2, -0.15) is 0 Å². The minimum atomic E-state index is -0.626. The molecule has 2 heterocycles. The van der Waals surface area contributed by atoms with Crippen LogP contribution in [-0.4, -0.2) is 52.9 Å². The van der Waals surface area contributed by atoms with Crippen LogP contribution in [0.4, 0.5) is 0 Å². The number of amides is 2. The molecular formula is C20H31N5O2. The molecule has 1 saturated carbocycles. The molecule has 2 N–H and O–H groups in total. The normalized spacial score (nSPS) is 19.0. The van der Waals surface area contributed by atoms with Gasteiger partial charge in [-0.1, -0.05) is 26.8 Å². The maximum atomic E-state index is 13.1. The van der Waals surface area contributed by atoms with E-state index in [9.17, 15) is 9.59 Å². The lowest BCUT2D eigenvalue weighted by atomic mass is 9.86. The van der Waals surface area contributed by atoms with Crippen molar-refractivity contribution < 1.29 is 9.59 Å². The summed E-state index contributed by atoms with van der Waals surface area (Å²) < 4.78 is 2.14.